The van der Waals surface area contributed by atoms with Crippen LogP contribution >= 0.6 is 0 Å². The number of ether oxygens (including phenoxy) is 1. The van der Waals surface area contributed by atoms with Gasteiger partial charge in [-0.3, -0.25) is 4.79 Å². The van der Waals surface area contributed by atoms with E-state index >= 15 is 0 Å². The van der Waals surface area contributed by atoms with Crippen LogP contribution in [0, 0.1) is 6.92 Å². The second-order valence-electron chi connectivity index (χ2n) is 6.76. The van der Waals surface area contributed by atoms with Crippen molar-refractivity contribution in [2.45, 2.75) is 57.2 Å². The molecule has 1 aromatic rings. The van der Waals surface area contributed by atoms with Crippen LogP contribution in [-0.4, -0.2) is 43.1 Å². The van der Waals surface area contributed by atoms with Crippen LogP contribution in [0.5, 0.6) is 5.75 Å². The van der Waals surface area contributed by atoms with Gasteiger partial charge in [0, 0.05) is 30.7 Å². The van der Waals surface area contributed by atoms with E-state index in [0.29, 0.717) is 24.5 Å². The number of amides is 1. The number of aryl methyl sites for hydroxylation is 1. The smallest absolute Gasteiger partial charge is 0.227 e. The first kappa shape index (κ1) is 15.3. The van der Waals surface area contributed by atoms with Gasteiger partial charge in [-0.25, -0.2) is 0 Å². The zero-order valence-corrected chi connectivity index (χ0v) is 13.8. The Labute approximate surface area is 132 Å². The molecule has 2 aliphatic rings. The predicted molar refractivity (Wildman–Crippen MR) is 87.2 cm³/mol. The van der Waals surface area contributed by atoms with Crippen LogP contribution in [0.2, 0.25) is 0 Å². The summed E-state index contributed by atoms with van der Waals surface area (Å²) < 4.78 is 5.39. The lowest BCUT2D eigenvalue weighted by Gasteiger charge is -2.35. The molecule has 4 nitrogen and oxygen atoms in total. The van der Waals surface area contributed by atoms with E-state index in [0.717, 1.165) is 29.7 Å². The monoisotopic (exact) mass is 302 g/mol. The van der Waals surface area contributed by atoms with Crippen LogP contribution in [0.4, 0.5) is 0 Å². The Morgan fingerprint density at radius 2 is 2.00 bits per heavy atom. The first-order chi connectivity index (χ1) is 10.6. The molecule has 1 amide bonds. The van der Waals surface area contributed by atoms with Gasteiger partial charge in [-0.2, -0.15) is 0 Å². The molecule has 2 atom stereocenters. The quantitative estimate of drug-likeness (QED) is 0.928. The molecule has 0 aromatic heterocycles. The lowest BCUT2D eigenvalue weighted by Crippen LogP contribution is -2.49. The Morgan fingerprint density at radius 3 is 2.64 bits per heavy atom. The van der Waals surface area contributed by atoms with Crippen molar-refractivity contribution in [2.24, 2.45) is 0 Å². The molecule has 2 bridgehead atoms. The first-order valence-corrected chi connectivity index (χ1v) is 8.22. The summed E-state index contributed by atoms with van der Waals surface area (Å²) in [6.07, 6.45) is 5.11. The minimum Gasteiger partial charge on any atom is -0.496 e. The fourth-order valence-electron chi connectivity index (χ4n) is 3.88. The largest absolute Gasteiger partial charge is 0.496 e. The SMILES string of the molecule is COc1ccc(C)cc1CC(=O)N(C)C1CC2CCC(C1)N2. The molecular formula is C18H26N2O2. The molecule has 2 unspecified atom stereocenters. The standard InChI is InChI=1S/C18H26N2O2/c1-12-4-7-17(22-3)13(8-12)9-18(21)20(2)16-10-14-5-6-15(11-16)19-14/h4,7-8,14-16,19H,5-6,9-11H2,1-3H3. The number of methoxy groups -OCH3 is 1. The number of carbonyl (C=O) groups is 1. The van der Waals surface area contributed by atoms with Crippen molar-refractivity contribution < 1.29 is 9.53 Å². The molecule has 2 saturated heterocycles. The number of piperidine rings is 1. The van der Waals surface area contributed by atoms with E-state index in [9.17, 15) is 4.79 Å². The van der Waals surface area contributed by atoms with Crippen LogP contribution in [0.25, 0.3) is 0 Å². The average Bonchev–Trinajstić information content (AvgIpc) is 2.85. The Balaban J connectivity index is 1.67. The van der Waals surface area contributed by atoms with Crippen molar-refractivity contribution in [3.05, 3.63) is 29.3 Å². The molecule has 0 saturated carbocycles. The Bertz CT molecular complexity index is 546. The van der Waals surface area contributed by atoms with Gasteiger partial charge in [-0.05, 0) is 38.7 Å². The highest BCUT2D eigenvalue weighted by molar-refractivity contribution is 5.79. The molecule has 120 valence electrons. The van der Waals surface area contributed by atoms with E-state index in [1.54, 1.807) is 7.11 Å². The summed E-state index contributed by atoms with van der Waals surface area (Å²) in [5.41, 5.74) is 2.14. The van der Waals surface area contributed by atoms with Crippen LogP contribution in [0.3, 0.4) is 0 Å². The van der Waals surface area contributed by atoms with Gasteiger partial charge < -0.3 is 15.0 Å². The minimum atomic E-state index is 0.190. The van der Waals surface area contributed by atoms with Crippen molar-refractivity contribution in [1.29, 1.82) is 0 Å². The zero-order chi connectivity index (χ0) is 15.7. The van der Waals surface area contributed by atoms with Crippen LogP contribution in [0.15, 0.2) is 18.2 Å². The topological polar surface area (TPSA) is 41.6 Å². The van der Waals surface area contributed by atoms with Gasteiger partial charge in [0.2, 0.25) is 5.91 Å². The van der Waals surface area contributed by atoms with E-state index in [1.165, 1.54) is 12.8 Å². The maximum Gasteiger partial charge on any atom is 0.227 e. The summed E-state index contributed by atoms with van der Waals surface area (Å²) >= 11 is 0. The summed E-state index contributed by atoms with van der Waals surface area (Å²) in [7, 11) is 3.62. The molecule has 4 heteroatoms. The van der Waals surface area contributed by atoms with Gasteiger partial charge in [-0.1, -0.05) is 17.7 Å². The fraction of sp³-hybridized carbons (Fsp3) is 0.611. The van der Waals surface area contributed by atoms with E-state index in [4.69, 9.17) is 4.74 Å². The van der Waals surface area contributed by atoms with Crippen LogP contribution in [0.1, 0.15) is 36.8 Å². The summed E-state index contributed by atoms with van der Waals surface area (Å²) in [4.78, 5) is 14.6. The van der Waals surface area contributed by atoms with Gasteiger partial charge in [0.15, 0.2) is 0 Å². The molecule has 2 heterocycles. The van der Waals surface area contributed by atoms with Crippen LogP contribution < -0.4 is 10.1 Å². The van der Waals surface area contributed by atoms with Gasteiger partial charge in [0.25, 0.3) is 0 Å². The molecule has 2 aliphatic heterocycles. The number of benzene rings is 1. The second kappa shape index (κ2) is 6.29. The molecule has 3 rings (SSSR count). The number of nitrogens with zero attached hydrogens (tertiary/aromatic N) is 1. The van der Waals surface area contributed by atoms with Gasteiger partial charge in [0.05, 0.1) is 13.5 Å². The number of carbonyl (C=O) groups excluding carboxylic acids is 1. The third-order valence-corrected chi connectivity index (χ3v) is 5.17. The highest BCUT2D eigenvalue weighted by Gasteiger charge is 2.36. The first-order valence-electron chi connectivity index (χ1n) is 8.22. The van der Waals surface area contributed by atoms with Gasteiger partial charge in [-0.15, -0.1) is 0 Å². The van der Waals surface area contributed by atoms with Crippen molar-refractivity contribution >= 4 is 5.91 Å². The van der Waals surface area contributed by atoms with Crippen molar-refractivity contribution in [3.63, 3.8) is 0 Å². The second-order valence-corrected chi connectivity index (χ2v) is 6.76. The number of fused-ring (bicyclic) bond motifs is 2. The Hall–Kier alpha value is -1.55. The minimum absolute atomic E-state index is 0.190. The third-order valence-electron chi connectivity index (χ3n) is 5.17. The van der Waals surface area contributed by atoms with E-state index in [-0.39, 0.29) is 5.91 Å². The molecule has 0 spiro atoms. The lowest BCUT2D eigenvalue weighted by atomic mass is 9.97. The van der Waals surface area contributed by atoms with Crippen molar-refractivity contribution in [1.82, 2.24) is 10.2 Å². The molecule has 0 radical (unpaired) electrons. The summed E-state index contributed by atoms with van der Waals surface area (Å²) in [6, 6.07) is 7.60. The summed E-state index contributed by atoms with van der Waals surface area (Å²) in [5, 5.41) is 3.63. The van der Waals surface area contributed by atoms with E-state index < -0.39 is 0 Å². The predicted octanol–water partition coefficient (Wildman–Crippen LogP) is 2.29. The molecule has 1 N–H and O–H groups in total. The van der Waals surface area contributed by atoms with Gasteiger partial charge >= 0.3 is 0 Å². The van der Waals surface area contributed by atoms with Crippen LogP contribution in [-0.2, 0) is 11.2 Å². The normalized spacial score (nSPS) is 26.8. The molecule has 2 fully saturated rings. The number of rotatable bonds is 4. The fourth-order valence-corrected chi connectivity index (χ4v) is 3.88. The van der Waals surface area contributed by atoms with E-state index in [2.05, 4.69) is 11.4 Å². The van der Waals surface area contributed by atoms with Gasteiger partial charge in [0.1, 0.15) is 5.75 Å². The number of hydrogen-bond donors (Lipinski definition) is 1. The zero-order valence-electron chi connectivity index (χ0n) is 13.8. The highest BCUT2D eigenvalue weighted by Crippen LogP contribution is 2.30. The molecule has 22 heavy (non-hydrogen) atoms. The Morgan fingerprint density at radius 1 is 1.32 bits per heavy atom. The van der Waals surface area contributed by atoms with Crippen molar-refractivity contribution in [2.75, 3.05) is 14.2 Å². The molecule has 1 aromatic carbocycles. The maximum absolute atomic E-state index is 12.7. The Kier molecular flexibility index (Phi) is 4.39. The number of nitrogens with one attached hydrogen (secondary N) is 1. The molecular weight excluding hydrogens is 276 g/mol. The maximum atomic E-state index is 12.7. The third kappa shape index (κ3) is 3.12. The van der Waals surface area contributed by atoms with E-state index in [1.807, 2.05) is 31.0 Å². The lowest BCUT2D eigenvalue weighted by molar-refractivity contribution is -0.131. The molecule has 0 aliphatic carbocycles. The summed E-state index contributed by atoms with van der Waals surface area (Å²) in [5.74, 6) is 0.993. The number of hydrogen-bond acceptors (Lipinski definition) is 3. The summed E-state index contributed by atoms with van der Waals surface area (Å²) in [6.45, 7) is 2.04. The highest BCUT2D eigenvalue weighted by atomic mass is 16.5. The average molecular weight is 302 g/mol. The van der Waals surface area contributed by atoms with Crippen molar-refractivity contribution in [3.8, 4) is 5.75 Å². The number of likely N-dealkylation sites (N-methyl/N-ethyl adjacent to an activating group) is 1.